The lowest BCUT2D eigenvalue weighted by Gasteiger charge is -2.09. The van der Waals surface area contributed by atoms with Gasteiger partial charge in [0.1, 0.15) is 6.61 Å². The molecular formula is C29H43F5O5. The molecule has 0 aromatic heterocycles. The molecule has 0 unspecified atom stereocenters. The van der Waals surface area contributed by atoms with Crippen molar-refractivity contribution >= 4 is 11.9 Å². The van der Waals surface area contributed by atoms with Gasteiger partial charge in [-0.1, -0.05) is 96.8 Å². The predicted molar refractivity (Wildman–Crippen MR) is 138 cm³/mol. The first kappa shape index (κ1) is 34.8. The van der Waals surface area contributed by atoms with Crippen LogP contribution in [0.4, 0.5) is 22.0 Å². The third kappa shape index (κ3) is 15.2. The van der Waals surface area contributed by atoms with Crippen molar-refractivity contribution in [1.29, 1.82) is 0 Å². The minimum absolute atomic E-state index is 0.0274. The van der Waals surface area contributed by atoms with Crippen LogP contribution in [0.2, 0.25) is 0 Å². The van der Waals surface area contributed by atoms with Crippen LogP contribution in [0.1, 0.15) is 116 Å². The number of carbonyl (C=O) groups is 2. The summed E-state index contributed by atoms with van der Waals surface area (Å²) in [5.74, 6) is -14.5. The molecule has 0 bridgehead atoms. The molecule has 0 spiro atoms. The van der Waals surface area contributed by atoms with Gasteiger partial charge in [-0.25, -0.2) is 13.2 Å². The van der Waals surface area contributed by atoms with E-state index in [1.165, 1.54) is 77.0 Å². The molecule has 1 rings (SSSR count). The maximum Gasteiger partial charge on any atom is 0.313 e. The number of esters is 2. The molecule has 1 aromatic rings. The number of carbonyl (C=O) groups excluding carboxylic acids is 2. The maximum absolute atomic E-state index is 13.5. The Labute approximate surface area is 228 Å². The van der Waals surface area contributed by atoms with Crippen molar-refractivity contribution in [2.24, 2.45) is 0 Å². The fourth-order valence-electron chi connectivity index (χ4n) is 4.02. The van der Waals surface area contributed by atoms with Crippen LogP contribution in [0.15, 0.2) is 0 Å². The summed E-state index contributed by atoms with van der Waals surface area (Å²) in [6.07, 6.45) is 18.4. The molecule has 39 heavy (non-hydrogen) atoms. The highest BCUT2D eigenvalue weighted by Crippen LogP contribution is 2.29. The van der Waals surface area contributed by atoms with Gasteiger partial charge in [-0.2, -0.15) is 8.78 Å². The van der Waals surface area contributed by atoms with E-state index in [2.05, 4.69) is 11.7 Å². The second-order valence-electron chi connectivity index (χ2n) is 9.66. The number of rotatable bonds is 23. The molecule has 0 atom stereocenters. The van der Waals surface area contributed by atoms with E-state index < -0.39 is 47.2 Å². The molecule has 0 heterocycles. The average Bonchev–Trinajstić information content (AvgIpc) is 2.92. The van der Waals surface area contributed by atoms with Gasteiger partial charge in [0.25, 0.3) is 0 Å². The van der Waals surface area contributed by atoms with Crippen molar-refractivity contribution in [3.8, 4) is 5.75 Å². The highest BCUT2D eigenvalue weighted by atomic mass is 19.2. The van der Waals surface area contributed by atoms with Crippen LogP contribution in [-0.2, 0) is 19.1 Å². The summed E-state index contributed by atoms with van der Waals surface area (Å²) in [6, 6.07) is 0. The van der Waals surface area contributed by atoms with Crippen LogP contribution in [0, 0.1) is 29.1 Å². The second-order valence-corrected chi connectivity index (χ2v) is 9.66. The van der Waals surface area contributed by atoms with Gasteiger partial charge in [-0.15, -0.1) is 0 Å². The lowest BCUT2D eigenvalue weighted by molar-refractivity contribution is -0.146. The molecule has 10 heteroatoms. The van der Waals surface area contributed by atoms with Crippen LogP contribution in [0.3, 0.4) is 0 Å². The Kier molecular flexibility index (Phi) is 19.3. The number of ether oxygens (including phenoxy) is 3. The fourth-order valence-corrected chi connectivity index (χ4v) is 4.02. The number of hydrogen-bond donors (Lipinski definition) is 0. The van der Waals surface area contributed by atoms with E-state index in [-0.39, 0.29) is 25.8 Å². The normalized spacial score (nSPS) is 11.1. The number of hydrogen-bond acceptors (Lipinski definition) is 5. The lowest BCUT2D eigenvalue weighted by Crippen LogP contribution is -2.16. The Morgan fingerprint density at radius 3 is 1.44 bits per heavy atom. The van der Waals surface area contributed by atoms with Crippen LogP contribution >= 0.6 is 0 Å². The highest BCUT2D eigenvalue weighted by molar-refractivity contribution is 5.72. The molecule has 0 fully saturated rings. The lowest BCUT2D eigenvalue weighted by atomic mass is 10.0. The van der Waals surface area contributed by atoms with E-state index >= 15 is 0 Å². The van der Waals surface area contributed by atoms with Gasteiger partial charge < -0.3 is 14.2 Å². The second kappa shape index (κ2) is 21.6. The zero-order valence-corrected chi connectivity index (χ0v) is 23.1. The van der Waals surface area contributed by atoms with Crippen molar-refractivity contribution in [1.82, 2.24) is 0 Å². The maximum atomic E-state index is 13.5. The first-order chi connectivity index (χ1) is 18.8. The molecule has 0 aliphatic rings. The molecule has 224 valence electrons. The molecule has 5 nitrogen and oxygen atoms in total. The number of halogens is 5. The molecule has 0 amide bonds. The van der Waals surface area contributed by atoms with Gasteiger partial charge in [-0.3, -0.25) is 9.59 Å². The zero-order chi connectivity index (χ0) is 28.9. The molecule has 0 saturated carbocycles. The third-order valence-corrected chi connectivity index (χ3v) is 6.31. The molecule has 0 saturated heterocycles. The van der Waals surface area contributed by atoms with E-state index in [1.807, 2.05) is 0 Å². The monoisotopic (exact) mass is 566 g/mol. The summed E-state index contributed by atoms with van der Waals surface area (Å²) in [5.41, 5.74) is 0. The van der Waals surface area contributed by atoms with Crippen molar-refractivity contribution in [2.75, 3.05) is 19.8 Å². The molecular weight excluding hydrogens is 523 g/mol. The van der Waals surface area contributed by atoms with Gasteiger partial charge in [0.05, 0.1) is 19.6 Å². The van der Waals surface area contributed by atoms with Crippen LogP contribution in [-0.4, -0.2) is 31.8 Å². The Morgan fingerprint density at radius 1 is 0.513 bits per heavy atom. The van der Waals surface area contributed by atoms with Crippen molar-refractivity contribution in [3.63, 3.8) is 0 Å². The fraction of sp³-hybridized carbons (Fsp3) is 0.724. The minimum atomic E-state index is -2.35. The smallest absolute Gasteiger partial charge is 0.313 e. The molecule has 1 aromatic carbocycles. The Balaban J connectivity index is 1.95. The summed E-state index contributed by atoms with van der Waals surface area (Å²) in [6.45, 7) is 1.91. The quantitative estimate of drug-likeness (QED) is 0.0332. The Hall–Kier alpha value is -2.23. The standard InChI is InChI=1S/C29H43F5O5/c1-2-3-4-5-6-7-8-9-10-11-12-13-14-15-16-17-22(35)38-21-20-37-19-18-23(36)39-29-27(33)25(31)24(30)26(32)28(29)34/h2-21H2,1H3. The van der Waals surface area contributed by atoms with E-state index in [1.54, 1.807) is 0 Å². The van der Waals surface area contributed by atoms with E-state index in [0.717, 1.165) is 19.3 Å². The topological polar surface area (TPSA) is 61.8 Å². The SMILES string of the molecule is CCCCCCCCCCCCCCCCCC(=O)OCCOCCC(=O)Oc1c(F)c(F)c(F)c(F)c1F. The number of benzene rings is 1. The minimum Gasteiger partial charge on any atom is -0.463 e. The molecule has 0 aliphatic carbocycles. The summed E-state index contributed by atoms with van der Waals surface area (Å²) in [5, 5.41) is 0. The highest BCUT2D eigenvalue weighted by Gasteiger charge is 2.28. The third-order valence-electron chi connectivity index (χ3n) is 6.31. The molecule has 0 N–H and O–H groups in total. The van der Waals surface area contributed by atoms with Crippen LogP contribution < -0.4 is 4.74 Å². The Bertz CT molecular complexity index is 821. The van der Waals surface area contributed by atoms with Crippen molar-refractivity contribution < 1.29 is 45.8 Å². The Morgan fingerprint density at radius 2 is 0.949 bits per heavy atom. The first-order valence-electron chi connectivity index (χ1n) is 14.2. The first-order valence-corrected chi connectivity index (χ1v) is 14.2. The zero-order valence-electron chi connectivity index (χ0n) is 23.1. The van der Waals surface area contributed by atoms with Crippen molar-refractivity contribution in [2.45, 2.75) is 116 Å². The van der Waals surface area contributed by atoms with Gasteiger partial charge in [-0.05, 0) is 6.42 Å². The van der Waals surface area contributed by atoms with Crippen molar-refractivity contribution in [3.05, 3.63) is 29.1 Å². The molecule has 0 aliphatic heterocycles. The summed E-state index contributed by atoms with van der Waals surface area (Å²) >= 11 is 0. The van der Waals surface area contributed by atoms with E-state index in [0.29, 0.717) is 6.42 Å². The van der Waals surface area contributed by atoms with E-state index in [9.17, 15) is 31.5 Å². The number of unbranched alkanes of at least 4 members (excludes halogenated alkanes) is 14. The van der Waals surface area contributed by atoms with E-state index in [4.69, 9.17) is 9.47 Å². The summed E-state index contributed by atoms with van der Waals surface area (Å²) < 4.78 is 80.7. The van der Waals surface area contributed by atoms with Crippen LogP contribution in [0.5, 0.6) is 5.75 Å². The summed E-state index contributed by atoms with van der Waals surface area (Å²) in [7, 11) is 0. The average molecular weight is 567 g/mol. The van der Waals surface area contributed by atoms with Gasteiger partial charge in [0.2, 0.25) is 34.8 Å². The van der Waals surface area contributed by atoms with Crippen LogP contribution in [0.25, 0.3) is 0 Å². The predicted octanol–water partition coefficient (Wildman–Crippen LogP) is 8.50. The summed E-state index contributed by atoms with van der Waals surface area (Å²) in [4.78, 5) is 23.4. The van der Waals surface area contributed by atoms with Gasteiger partial charge in [0.15, 0.2) is 0 Å². The van der Waals surface area contributed by atoms with Gasteiger partial charge >= 0.3 is 11.9 Å². The van der Waals surface area contributed by atoms with Gasteiger partial charge in [0, 0.05) is 6.42 Å². The molecule has 0 radical (unpaired) electrons. The largest absolute Gasteiger partial charge is 0.463 e.